The largest absolute Gasteiger partial charge is 0.460 e. The van der Waals surface area contributed by atoms with E-state index in [0.29, 0.717) is 0 Å². The lowest BCUT2D eigenvalue weighted by atomic mass is 10.2. The average molecular weight is 269 g/mol. The minimum Gasteiger partial charge on any atom is -0.460 e. The molecule has 0 bridgehead atoms. The molecule has 0 spiro atoms. The summed E-state index contributed by atoms with van der Waals surface area (Å²) in [6.45, 7) is 6.00. The average Bonchev–Trinajstić information content (AvgIpc) is 2.57. The molecule has 1 heterocycles. The topological polar surface area (TPSA) is 72.9 Å². The van der Waals surface area contributed by atoms with E-state index in [9.17, 15) is 14.4 Å². The maximum atomic E-state index is 11.4. The first-order chi connectivity index (χ1) is 8.79. The van der Waals surface area contributed by atoms with Crippen molar-refractivity contribution >= 4 is 17.8 Å². The van der Waals surface area contributed by atoms with Gasteiger partial charge in [0.2, 0.25) is 0 Å². The van der Waals surface area contributed by atoms with Crippen molar-refractivity contribution in [3.63, 3.8) is 0 Å². The van der Waals surface area contributed by atoms with Crippen LogP contribution >= 0.6 is 0 Å². The molecule has 19 heavy (non-hydrogen) atoms. The van der Waals surface area contributed by atoms with E-state index in [0.717, 1.165) is 4.90 Å². The minimum atomic E-state index is -0.503. The highest BCUT2D eigenvalue weighted by Crippen LogP contribution is 2.08. The molecule has 0 aromatic rings. The Kier molecular flexibility index (Phi) is 5.23. The van der Waals surface area contributed by atoms with Crippen LogP contribution in [0.25, 0.3) is 0 Å². The predicted molar refractivity (Wildman–Crippen MR) is 67.1 cm³/mol. The maximum Gasteiger partial charge on any atom is 0.308 e. The zero-order valence-electron chi connectivity index (χ0n) is 11.5. The summed E-state index contributed by atoms with van der Waals surface area (Å²) in [7, 11) is 0. The van der Waals surface area contributed by atoms with Gasteiger partial charge in [0.05, 0.1) is 26.2 Å². The molecule has 0 aliphatic carbocycles. The van der Waals surface area contributed by atoms with E-state index < -0.39 is 5.60 Å². The molecule has 6 heteroatoms. The van der Waals surface area contributed by atoms with Crippen molar-refractivity contribution in [2.45, 2.75) is 32.8 Å². The van der Waals surface area contributed by atoms with E-state index in [1.54, 1.807) is 20.8 Å². The second-order valence-electron chi connectivity index (χ2n) is 5.11. The Hall–Kier alpha value is -1.69. The molecule has 0 atom stereocenters. The summed E-state index contributed by atoms with van der Waals surface area (Å²) in [4.78, 5) is 34.8. The van der Waals surface area contributed by atoms with Gasteiger partial charge >= 0.3 is 5.97 Å². The molecule has 1 rings (SSSR count). The van der Waals surface area contributed by atoms with Crippen molar-refractivity contribution in [3.8, 4) is 0 Å². The highest BCUT2D eigenvalue weighted by atomic mass is 16.6. The number of amides is 2. The number of hydrogen-bond acceptors (Lipinski definition) is 5. The van der Waals surface area contributed by atoms with Gasteiger partial charge in [-0.25, -0.2) is 0 Å². The molecule has 0 unspecified atom stereocenters. The van der Waals surface area contributed by atoms with Gasteiger partial charge in [-0.3, -0.25) is 19.3 Å². The van der Waals surface area contributed by atoms with Crippen LogP contribution in [0.4, 0.5) is 0 Å². The molecule has 6 nitrogen and oxygen atoms in total. The Labute approximate surface area is 112 Å². The number of carbonyl (C=O) groups excluding carboxylic acids is 3. The van der Waals surface area contributed by atoms with E-state index in [-0.39, 0.29) is 44.0 Å². The molecule has 0 aromatic heterocycles. The molecule has 0 aromatic carbocycles. The van der Waals surface area contributed by atoms with Crippen molar-refractivity contribution in [3.05, 3.63) is 12.2 Å². The number of nitrogens with zero attached hydrogens (tertiary/aromatic N) is 1. The van der Waals surface area contributed by atoms with Crippen molar-refractivity contribution < 1.29 is 23.9 Å². The quantitative estimate of drug-likeness (QED) is 0.402. The van der Waals surface area contributed by atoms with Gasteiger partial charge in [0.25, 0.3) is 11.8 Å². The molecular weight excluding hydrogens is 250 g/mol. The zero-order chi connectivity index (χ0) is 14.5. The molecule has 0 saturated heterocycles. The third-order valence-electron chi connectivity index (χ3n) is 2.23. The fourth-order valence-corrected chi connectivity index (χ4v) is 1.46. The van der Waals surface area contributed by atoms with Crippen LogP contribution in [0, 0.1) is 0 Å². The van der Waals surface area contributed by atoms with Crippen molar-refractivity contribution in [2.75, 3.05) is 19.8 Å². The minimum absolute atomic E-state index is 0.150. The Bertz CT molecular complexity index is 376. The van der Waals surface area contributed by atoms with Crippen LogP contribution in [-0.2, 0) is 23.9 Å². The summed E-state index contributed by atoms with van der Waals surface area (Å²) in [5.41, 5.74) is -0.503. The summed E-state index contributed by atoms with van der Waals surface area (Å²) < 4.78 is 10.3. The summed E-state index contributed by atoms with van der Waals surface area (Å²) in [5, 5.41) is 0. The monoisotopic (exact) mass is 269 g/mol. The van der Waals surface area contributed by atoms with Gasteiger partial charge in [0.15, 0.2) is 0 Å². The number of esters is 1. The number of ether oxygens (including phenoxy) is 2. The molecule has 0 fully saturated rings. The van der Waals surface area contributed by atoms with Gasteiger partial charge in [-0.2, -0.15) is 0 Å². The first kappa shape index (κ1) is 15.4. The third kappa shape index (κ3) is 5.65. The molecule has 0 saturated carbocycles. The first-order valence-electron chi connectivity index (χ1n) is 6.13. The lowest BCUT2D eigenvalue weighted by Gasteiger charge is -2.19. The first-order valence-corrected chi connectivity index (χ1v) is 6.13. The van der Waals surface area contributed by atoms with Crippen LogP contribution in [0.2, 0.25) is 0 Å². The summed E-state index contributed by atoms with van der Waals surface area (Å²) >= 11 is 0. The van der Waals surface area contributed by atoms with Crippen LogP contribution in [0.3, 0.4) is 0 Å². The van der Waals surface area contributed by atoms with Crippen molar-refractivity contribution in [2.24, 2.45) is 0 Å². The Balaban J connectivity index is 2.10. The normalized spacial score (nSPS) is 15.2. The van der Waals surface area contributed by atoms with Gasteiger partial charge in [-0.05, 0) is 20.8 Å². The van der Waals surface area contributed by atoms with Gasteiger partial charge in [0.1, 0.15) is 5.60 Å². The van der Waals surface area contributed by atoms with E-state index in [1.807, 2.05) is 0 Å². The second kappa shape index (κ2) is 6.47. The number of carbonyl (C=O) groups is 3. The van der Waals surface area contributed by atoms with Crippen LogP contribution in [0.15, 0.2) is 12.2 Å². The van der Waals surface area contributed by atoms with E-state index in [4.69, 9.17) is 9.47 Å². The van der Waals surface area contributed by atoms with E-state index in [2.05, 4.69) is 0 Å². The number of rotatable bonds is 6. The summed E-state index contributed by atoms with van der Waals surface area (Å²) in [5.74, 6) is -0.996. The van der Waals surface area contributed by atoms with Crippen LogP contribution in [0.5, 0.6) is 0 Å². The van der Waals surface area contributed by atoms with Crippen molar-refractivity contribution in [1.82, 2.24) is 4.90 Å². The SMILES string of the molecule is CC(C)(C)OC(=O)CCOCCN1C(=O)C=CC1=O. The maximum absolute atomic E-state index is 11.4. The number of imide groups is 1. The van der Waals surface area contributed by atoms with Gasteiger partial charge in [-0.1, -0.05) is 0 Å². The summed E-state index contributed by atoms with van der Waals surface area (Å²) in [6.07, 6.45) is 2.60. The molecule has 106 valence electrons. The molecule has 0 N–H and O–H groups in total. The van der Waals surface area contributed by atoms with Crippen LogP contribution < -0.4 is 0 Å². The molecular formula is C13H19NO5. The standard InChI is InChI=1S/C13H19NO5/c1-13(2,3)19-12(17)6-8-18-9-7-14-10(15)4-5-11(14)16/h4-5H,6-9H2,1-3H3. The predicted octanol–water partition coefficient (Wildman–Crippen LogP) is 0.660. The van der Waals surface area contributed by atoms with E-state index in [1.165, 1.54) is 12.2 Å². The molecule has 1 aliphatic rings. The Morgan fingerprint density at radius 3 is 2.26 bits per heavy atom. The third-order valence-corrected chi connectivity index (χ3v) is 2.23. The zero-order valence-corrected chi connectivity index (χ0v) is 11.5. The van der Waals surface area contributed by atoms with Crippen LogP contribution in [-0.4, -0.2) is 48.0 Å². The lowest BCUT2D eigenvalue weighted by Crippen LogP contribution is -2.33. The molecule has 1 aliphatic heterocycles. The summed E-state index contributed by atoms with van der Waals surface area (Å²) in [6, 6.07) is 0. The van der Waals surface area contributed by atoms with Crippen LogP contribution in [0.1, 0.15) is 27.2 Å². The van der Waals surface area contributed by atoms with Gasteiger partial charge < -0.3 is 9.47 Å². The smallest absolute Gasteiger partial charge is 0.308 e. The van der Waals surface area contributed by atoms with Gasteiger partial charge in [-0.15, -0.1) is 0 Å². The Morgan fingerprint density at radius 1 is 1.16 bits per heavy atom. The van der Waals surface area contributed by atoms with E-state index >= 15 is 0 Å². The number of hydrogen-bond donors (Lipinski definition) is 0. The van der Waals surface area contributed by atoms with Crippen molar-refractivity contribution in [1.29, 1.82) is 0 Å². The lowest BCUT2D eigenvalue weighted by molar-refractivity contribution is -0.156. The van der Waals surface area contributed by atoms with Gasteiger partial charge in [0, 0.05) is 12.2 Å². The Morgan fingerprint density at radius 2 is 1.74 bits per heavy atom. The molecule has 0 radical (unpaired) electrons. The highest BCUT2D eigenvalue weighted by molar-refractivity contribution is 6.12. The second-order valence-corrected chi connectivity index (χ2v) is 5.11. The molecule has 2 amide bonds. The highest BCUT2D eigenvalue weighted by Gasteiger charge is 2.22. The fourth-order valence-electron chi connectivity index (χ4n) is 1.46. The fraction of sp³-hybridized carbons (Fsp3) is 0.615.